The van der Waals surface area contributed by atoms with E-state index >= 15 is 0 Å². The standard InChI is InChI=1S/C16H27N5O3.ClH/c1-5-8-16(3,15(23)24-4)18-14(22)13-11(2)21(20-19-13)12-6-9-17-10-7-12;/h12,17H,5-10H2,1-4H3,(H,18,22);1H. The third-order valence-electron chi connectivity index (χ3n) is 4.57. The van der Waals surface area contributed by atoms with E-state index < -0.39 is 17.4 Å². The van der Waals surface area contributed by atoms with Gasteiger partial charge in [-0.3, -0.25) is 4.79 Å². The first-order valence-electron chi connectivity index (χ1n) is 8.46. The van der Waals surface area contributed by atoms with Crippen molar-refractivity contribution in [1.29, 1.82) is 0 Å². The van der Waals surface area contributed by atoms with E-state index in [1.165, 1.54) is 7.11 Å². The van der Waals surface area contributed by atoms with Crippen molar-refractivity contribution in [3.05, 3.63) is 11.4 Å². The number of amides is 1. The lowest BCUT2D eigenvalue weighted by Gasteiger charge is -2.27. The van der Waals surface area contributed by atoms with Crippen molar-refractivity contribution in [2.75, 3.05) is 20.2 Å². The van der Waals surface area contributed by atoms with Gasteiger partial charge >= 0.3 is 5.97 Å². The first-order chi connectivity index (χ1) is 11.4. The van der Waals surface area contributed by atoms with E-state index in [2.05, 4.69) is 20.9 Å². The van der Waals surface area contributed by atoms with Crippen LogP contribution in [0.1, 0.15) is 61.8 Å². The zero-order valence-electron chi connectivity index (χ0n) is 15.3. The average Bonchev–Trinajstić information content (AvgIpc) is 2.96. The minimum absolute atomic E-state index is 0. The summed E-state index contributed by atoms with van der Waals surface area (Å²) in [7, 11) is 1.32. The number of hydrogen-bond donors (Lipinski definition) is 2. The monoisotopic (exact) mass is 373 g/mol. The number of rotatable bonds is 6. The van der Waals surface area contributed by atoms with Crippen molar-refractivity contribution in [3.8, 4) is 0 Å². The first kappa shape index (κ1) is 21.4. The smallest absolute Gasteiger partial charge is 0.331 e. The van der Waals surface area contributed by atoms with E-state index in [0.717, 1.165) is 38.0 Å². The van der Waals surface area contributed by atoms with Gasteiger partial charge in [0.1, 0.15) is 5.54 Å². The maximum absolute atomic E-state index is 12.6. The second-order valence-corrected chi connectivity index (χ2v) is 6.48. The molecule has 0 aliphatic carbocycles. The summed E-state index contributed by atoms with van der Waals surface area (Å²) in [5.41, 5.74) is -0.0752. The van der Waals surface area contributed by atoms with Crippen molar-refractivity contribution in [2.45, 2.75) is 58.0 Å². The van der Waals surface area contributed by atoms with Crippen molar-refractivity contribution in [1.82, 2.24) is 25.6 Å². The highest BCUT2D eigenvalue weighted by Crippen LogP contribution is 2.21. The van der Waals surface area contributed by atoms with Gasteiger partial charge < -0.3 is 15.4 Å². The molecule has 0 spiro atoms. The fraction of sp³-hybridized carbons (Fsp3) is 0.750. The Balaban J connectivity index is 0.00000312. The van der Waals surface area contributed by atoms with Gasteiger partial charge in [-0.1, -0.05) is 18.6 Å². The summed E-state index contributed by atoms with van der Waals surface area (Å²) in [5, 5.41) is 14.3. The summed E-state index contributed by atoms with van der Waals surface area (Å²) in [4.78, 5) is 24.7. The van der Waals surface area contributed by atoms with Gasteiger partial charge in [-0.2, -0.15) is 0 Å². The Morgan fingerprint density at radius 3 is 2.60 bits per heavy atom. The molecule has 0 aromatic carbocycles. The van der Waals surface area contributed by atoms with Crippen molar-refractivity contribution < 1.29 is 14.3 Å². The number of hydrogen-bond acceptors (Lipinski definition) is 6. The molecule has 1 atom stereocenters. The highest BCUT2D eigenvalue weighted by Gasteiger charge is 2.36. The number of carbonyl (C=O) groups is 2. The van der Waals surface area contributed by atoms with Crippen molar-refractivity contribution in [3.63, 3.8) is 0 Å². The van der Waals surface area contributed by atoms with Crippen molar-refractivity contribution in [2.24, 2.45) is 0 Å². The Hall–Kier alpha value is -1.67. The first-order valence-corrected chi connectivity index (χ1v) is 8.46. The molecule has 142 valence electrons. The minimum Gasteiger partial charge on any atom is -0.467 e. The topological polar surface area (TPSA) is 98.1 Å². The SMILES string of the molecule is CCCC(C)(NC(=O)c1nnn(C2CCNCC2)c1C)C(=O)OC.Cl. The maximum atomic E-state index is 12.6. The van der Waals surface area contributed by atoms with Crippen LogP contribution in [0.3, 0.4) is 0 Å². The molecule has 0 saturated carbocycles. The number of piperidine rings is 1. The lowest BCUT2D eigenvalue weighted by atomic mass is 9.96. The van der Waals surface area contributed by atoms with Gasteiger partial charge in [0.2, 0.25) is 0 Å². The molecular formula is C16H28ClN5O3. The minimum atomic E-state index is -1.06. The number of ether oxygens (including phenoxy) is 1. The van der Waals surface area contributed by atoms with Crippen LogP contribution in [0.4, 0.5) is 0 Å². The molecule has 1 saturated heterocycles. The Morgan fingerprint density at radius 1 is 1.40 bits per heavy atom. The summed E-state index contributed by atoms with van der Waals surface area (Å²) in [5.74, 6) is -0.852. The summed E-state index contributed by atoms with van der Waals surface area (Å²) >= 11 is 0. The van der Waals surface area contributed by atoms with Crippen LogP contribution in [-0.2, 0) is 9.53 Å². The Kier molecular flexibility index (Phi) is 7.82. The fourth-order valence-corrected chi connectivity index (χ4v) is 3.20. The molecule has 1 fully saturated rings. The van der Waals surface area contributed by atoms with Gasteiger partial charge in [0.15, 0.2) is 5.69 Å². The summed E-state index contributed by atoms with van der Waals surface area (Å²) in [6.45, 7) is 7.33. The predicted molar refractivity (Wildman–Crippen MR) is 95.9 cm³/mol. The van der Waals surface area contributed by atoms with Crippen LogP contribution in [0.5, 0.6) is 0 Å². The number of halogens is 1. The van der Waals surface area contributed by atoms with Crippen LogP contribution in [0, 0.1) is 6.92 Å². The Bertz CT molecular complexity index is 601. The van der Waals surface area contributed by atoms with Crippen LogP contribution in [-0.4, -0.2) is 52.6 Å². The molecule has 1 aliphatic rings. The fourth-order valence-electron chi connectivity index (χ4n) is 3.20. The molecule has 25 heavy (non-hydrogen) atoms. The molecule has 2 heterocycles. The molecule has 1 aromatic heterocycles. The van der Waals surface area contributed by atoms with E-state index in [1.54, 1.807) is 6.92 Å². The summed E-state index contributed by atoms with van der Waals surface area (Å²) < 4.78 is 6.66. The zero-order valence-corrected chi connectivity index (χ0v) is 16.1. The number of nitrogens with zero attached hydrogens (tertiary/aromatic N) is 3. The number of methoxy groups -OCH3 is 1. The van der Waals surface area contributed by atoms with Crippen LogP contribution in [0.2, 0.25) is 0 Å². The summed E-state index contributed by atoms with van der Waals surface area (Å²) in [6.07, 6.45) is 3.15. The molecule has 8 nitrogen and oxygen atoms in total. The van der Waals surface area contributed by atoms with Gasteiger partial charge in [-0.05, 0) is 46.2 Å². The quantitative estimate of drug-likeness (QED) is 0.731. The molecule has 2 N–H and O–H groups in total. The third-order valence-corrected chi connectivity index (χ3v) is 4.57. The maximum Gasteiger partial charge on any atom is 0.331 e. The lowest BCUT2D eigenvalue weighted by molar-refractivity contribution is -0.147. The highest BCUT2D eigenvalue weighted by atomic mass is 35.5. The summed E-state index contributed by atoms with van der Waals surface area (Å²) in [6, 6.07) is 0.253. The molecule has 0 radical (unpaired) electrons. The van der Waals surface area contributed by atoms with E-state index in [9.17, 15) is 9.59 Å². The van der Waals surface area contributed by atoms with Crippen LogP contribution in [0.25, 0.3) is 0 Å². The van der Waals surface area contributed by atoms with Gasteiger partial charge in [0.25, 0.3) is 5.91 Å². The second kappa shape index (κ2) is 9.15. The number of carbonyl (C=O) groups excluding carboxylic acids is 2. The normalized spacial score (nSPS) is 17.3. The number of aromatic nitrogens is 3. The van der Waals surface area contributed by atoms with E-state index in [4.69, 9.17) is 4.74 Å². The average molecular weight is 374 g/mol. The largest absolute Gasteiger partial charge is 0.467 e. The van der Waals surface area contributed by atoms with Gasteiger partial charge in [0, 0.05) is 0 Å². The lowest BCUT2D eigenvalue weighted by Crippen LogP contribution is -2.52. The molecule has 2 rings (SSSR count). The van der Waals surface area contributed by atoms with E-state index in [-0.39, 0.29) is 24.1 Å². The van der Waals surface area contributed by atoms with Crippen LogP contribution in [0.15, 0.2) is 0 Å². The van der Waals surface area contributed by atoms with Crippen LogP contribution >= 0.6 is 12.4 Å². The van der Waals surface area contributed by atoms with Gasteiger partial charge in [0.05, 0.1) is 18.8 Å². The Morgan fingerprint density at radius 2 is 2.04 bits per heavy atom. The number of nitrogens with one attached hydrogen (secondary N) is 2. The predicted octanol–water partition coefficient (Wildman–Crippen LogP) is 1.39. The molecule has 1 amide bonds. The third kappa shape index (κ3) is 4.70. The molecule has 9 heteroatoms. The second-order valence-electron chi connectivity index (χ2n) is 6.48. The highest BCUT2D eigenvalue weighted by molar-refractivity contribution is 5.97. The molecule has 1 aromatic rings. The molecule has 1 unspecified atom stereocenters. The molecular weight excluding hydrogens is 346 g/mol. The molecule has 1 aliphatic heterocycles. The van der Waals surface area contributed by atoms with Crippen molar-refractivity contribution >= 4 is 24.3 Å². The van der Waals surface area contributed by atoms with E-state index in [0.29, 0.717) is 6.42 Å². The van der Waals surface area contributed by atoms with E-state index in [1.807, 2.05) is 18.5 Å². The number of esters is 1. The zero-order chi connectivity index (χ0) is 17.7. The van der Waals surface area contributed by atoms with Gasteiger partial charge in [-0.25, -0.2) is 9.48 Å². The van der Waals surface area contributed by atoms with Gasteiger partial charge in [-0.15, -0.1) is 17.5 Å². The van der Waals surface area contributed by atoms with Crippen LogP contribution < -0.4 is 10.6 Å². The Labute approximate surface area is 154 Å². The molecule has 0 bridgehead atoms.